The van der Waals surface area contributed by atoms with E-state index < -0.39 is 5.91 Å². The van der Waals surface area contributed by atoms with Crippen LogP contribution in [0.3, 0.4) is 0 Å². The first-order valence-corrected chi connectivity index (χ1v) is 9.49. The van der Waals surface area contributed by atoms with Gasteiger partial charge in [-0.1, -0.05) is 48.9 Å². The molecule has 6 heteroatoms. The number of rotatable bonds is 9. The molecule has 0 fully saturated rings. The lowest BCUT2D eigenvalue weighted by molar-refractivity contribution is -0.119. The summed E-state index contributed by atoms with van der Waals surface area (Å²) < 4.78 is 5.26. The summed E-state index contributed by atoms with van der Waals surface area (Å²) in [5.41, 5.74) is 8.82. The lowest BCUT2D eigenvalue weighted by Crippen LogP contribution is -2.39. The van der Waals surface area contributed by atoms with E-state index in [2.05, 4.69) is 53.7 Å². The maximum Gasteiger partial charge on any atom is 0.255 e. The zero-order valence-electron chi connectivity index (χ0n) is 16.9. The number of ether oxygens (including phenoxy) is 1. The Morgan fingerprint density at radius 3 is 2.39 bits per heavy atom. The van der Waals surface area contributed by atoms with E-state index in [-0.39, 0.29) is 6.61 Å². The van der Waals surface area contributed by atoms with Gasteiger partial charge in [0, 0.05) is 20.1 Å². The molecule has 6 nitrogen and oxygen atoms in total. The number of hydrogen-bond acceptors (Lipinski definition) is 3. The van der Waals surface area contributed by atoms with Crippen LogP contribution in [0, 0.1) is 6.92 Å². The number of hydrogen-bond donors (Lipinski definition) is 3. The minimum Gasteiger partial charge on any atom is -0.484 e. The molecule has 4 N–H and O–H groups in total. The van der Waals surface area contributed by atoms with Crippen molar-refractivity contribution in [3.63, 3.8) is 0 Å². The minimum absolute atomic E-state index is 0.107. The van der Waals surface area contributed by atoms with Gasteiger partial charge in [0.2, 0.25) is 0 Å². The molecule has 0 aliphatic carbocycles. The molecule has 0 bridgehead atoms. The average molecular weight is 383 g/mol. The van der Waals surface area contributed by atoms with Gasteiger partial charge in [0.05, 0.1) is 0 Å². The van der Waals surface area contributed by atoms with Crippen LogP contribution >= 0.6 is 0 Å². The predicted molar refractivity (Wildman–Crippen MR) is 114 cm³/mol. The van der Waals surface area contributed by atoms with Gasteiger partial charge in [-0.25, -0.2) is 0 Å². The molecule has 1 atom stereocenters. The van der Waals surface area contributed by atoms with Gasteiger partial charge in [0.25, 0.3) is 5.91 Å². The largest absolute Gasteiger partial charge is 0.484 e. The van der Waals surface area contributed by atoms with Crippen molar-refractivity contribution in [1.82, 2.24) is 10.6 Å². The molecule has 0 saturated carbocycles. The number of aliphatic imine (C=N–C) groups is 1. The molecule has 28 heavy (non-hydrogen) atoms. The van der Waals surface area contributed by atoms with Gasteiger partial charge in [-0.05, 0) is 42.5 Å². The third kappa shape index (κ3) is 7.31. The van der Waals surface area contributed by atoms with Crippen molar-refractivity contribution in [3.05, 3.63) is 65.2 Å². The van der Waals surface area contributed by atoms with Gasteiger partial charge in [0.1, 0.15) is 5.75 Å². The van der Waals surface area contributed by atoms with Gasteiger partial charge in [-0.3, -0.25) is 9.79 Å². The number of primary amides is 1. The molecule has 0 heterocycles. The molecule has 0 spiro atoms. The van der Waals surface area contributed by atoms with Crippen molar-refractivity contribution < 1.29 is 9.53 Å². The fourth-order valence-electron chi connectivity index (χ4n) is 2.72. The van der Waals surface area contributed by atoms with Gasteiger partial charge in [-0.15, -0.1) is 0 Å². The van der Waals surface area contributed by atoms with E-state index in [0.717, 1.165) is 25.5 Å². The molecule has 2 rings (SSSR count). The molecule has 0 aromatic heterocycles. The number of guanidine groups is 1. The topological polar surface area (TPSA) is 88.7 Å². The molecule has 2 aromatic rings. The SMILES string of the molecule is CN=C(NCCc1ccc(OCC(N)=O)cc1)NCC(C)c1ccc(C)cc1. The van der Waals surface area contributed by atoms with E-state index >= 15 is 0 Å². The Labute approximate surface area is 167 Å². The number of carbonyl (C=O) groups excluding carboxylic acids is 1. The van der Waals surface area contributed by atoms with Crippen molar-refractivity contribution in [3.8, 4) is 5.75 Å². The predicted octanol–water partition coefficient (Wildman–Crippen LogP) is 2.37. The smallest absolute Gasteiger partial charge is 0.255 e. The summed E-state index contributed by atoms with van der Waals surface area (Å²) in [4.78, 5) is 15.0. The van der Waals surface area contributed by atoms with Crippen LogP contribution in [0.1, 0.15) is 29.5 Å². The quantitative estimate of drug-likeness (QED) is 0.459. The van der Waals surface area contributed by atoms with E-state index in [4.69, 9.17) is 10.5 Å². The summed E-state index contributed by atoms with van der Waals surface area (Å²) >= 11 is 0. The van der Waals surface area contributed by atoms with Crippen molar-refractivity contribution in [2.75, 3.05) is 26.7 Å². The van der Waals surface area contributed by atoms with Crippen LogP contribution in [0.4, 0.5) is 0 Å². The average Bonchev–Trinajstić information content (AvgIpc) is 2.70. The molecular formula is C22H30N4O2. The van der Waals surface area contributed by atoms with Crippen molar-refractivity contribution in [1.29, 1.82) is 0 Å². The molecule has 2 aromatic carbocycles. The fourth-order valence-corrected chi connectivity index (χ4v) is 2.72. The van der Waals surface area contributed by atoms with Crippen molar-refractivity contribution in [2.24, 2.45) is 10.7 Å². The molecule has 1 unspecified atom stereocenters. The number of aryl methyl sites for hydroxylation is 1. The Morgan fingerprint density at radius 2 is 1.79 bits per heavy atom. The zero-order chi connectivity index (χ0) is 20.4. The fraction of sp³-hybridized carbons (Fsp3) is 0.364. The molecule has 0 aliphatic rings. The highest BCUT2D eigenvalue weighted by molar-refractivity contribution is 5.79. The van der Waals surface area contributed by atoms with Crippen LogP contribution in [0.25, 0.3) is 0 Å². The summed E-state index contributed by atoms with van der Waals surface area (Å²) in [5.74, 6) is 1.34. The Kier molecular flexibility index (Phi) is 8.34. The Morgan fingerprint density at radius 1 is 1.11 bits per heavy atom. The Hall–Kier alpha value is -3.02. The van der Waals surface area contributed by atoms with Crippen LogP contribution in [0.2, 0.25) is 0 Å². The first-order valence-electron chi connectivity index (χ1n) is 9.49. The van der Waals surface area contributed by atoms with Gasteiger partial charge < -0.3 is 21.1 Å². The number of nitrogens with one attached hydrogen (secondary N) is 2. The first kappa shape index (κ1) is 21.3. The normalized spacial score (nSPS) is 12.3. The number of nitrogens with two attached hydrogens (primary N) is 1. The van der Waals surface area contributed by atoms with E-state index in [0.29, 0.717) is 11.7 Å². The standard InChI is InChI=1S/C22H30N4O2/c1-16-4-8-19(9-5-16)17(2)14-26-22(24-3)25-13-12-18-6-10-20(11-7-18)28-15-21(23)27/h4-11,17H,12-15H2,1-3H3,(H2,23,27)(H2,24,25,26). The molecular weight excluding hydrogens is 352 g/mol. The van der Waals surface area contributed by atoms with Crippen LogP contribution in [0.15, 0.2) is 53.5 Å². The lowest BCUT2D eigenvalue weighted by Gasteiger charge is -2.16. The summed E-state index contributed by atoms with van der Waals surface area (Å²) in [6.07, 6.45) is 0.852. The highest BCUT2D eigenvalue weighted by Gasteiger charge is 2.06. The number of carbonyl (C=O) groups is 1. The monoisotopic (exact) mass is 382 g/mol. The molecule has 150 valence electrons. The third-order valence-electron chi connectivity index (χ3n) is 4.46. The highest BCUT2D eigenvalue weighted by atomic mass is 16.5. The summed E-state index contributed by atoms with van der Waals surface area (Å²) in [5, 5.41) is 6.72. The molecule has 0 radical (unpaired) electrons. The molecule has 0 saturated heterocycles. The summed E-state index contributed by atoms with van der Waals surface area (Å²) in [6.45, 7) is 5.77. The van der Waals surface area contributed by atoms with Crippen LogP contribution < -0.4 is 21.1 Å². The maximum atomic E-state index is 10.7. The number of amides is 1. The third-order valence-corrected chi connectivity index (χ3v) is 4.46. The molecule has 1 amide bonds. The van der Waals surface area contributed by atoms with Gasteiger partial charge >= 0.3 is 0 Å². The first-order chi connectivity index (χ1) is 13.5. The van der Waals surface area contributed by atoms with Crippen LogP contribution in [-0.4, -0.2) is 38.6 Å². The van der Waals surface area contributed by atoms with E-state index in [1.54, 1.807) is 7.05 Å². The zero-order valence-corrected chi connectivity index (χ0v) is 16.9. The Balaban J connectivity index is 1.73. The second-order valence-corrected chi connectivity index (χ2v) is 6.84. The molecule has 0 aliphatic heterocycles. The summed E-state index contributed by atoms with van der Waals surface area (Å²) in [7, 11) is 1.77. The van der Waals surface area contributed by atoms with Crippen LogP contribution in [0.5, 0.6) is 5.75 Å². The summed E-state index contributed by atoms with van der Waals surface area (Å²) in [6, 6.07) is 16.3. The second kappa shape index (κ2) is 11.0. The van der Waals surface area contributed by atoms with E-state index in [1.165, 1.54) is 16.7 Å². The second-order valence-electron chi connectivity index (χ2n) is 6.84. The van der Waals surface area contributed by atoms with Crippen molar-refractivity contribution in [2.45, 2.75) is 26.2 Å². The number of nitrogens with zero attached hydrogens (tertiary/aromatic N) is 1. The van der Waals surface area contributed by atoms with Crippen LogP contribution in [-0.2, 0) is 11.2 Å². The maximum absolute atomic E-state index is 10.7. The van der Waals surface area contributed by atoms with Gasteiger partial charge in [0.15, 0.2) is 12.6 Å². The minimum atomic E-state index is -0.483. The highest BCUT2D eigenvalue weighted by Crippen LogP contribution is 2.15. The Bertz CT molecular complexity index is 770. The lowest BCUT2D eigenvalue weighted by atomic mass is 10.0. The number of benzene rings is 2. The van der Waals surface area contributed by atoms with E-state index in [1.807, 2.05) is 24.3 Å². The van der Waals surface area contributed by atoms with Gasteiger partial charge in [-0.2, -0.15) is 0 Å². The van der Waals surface area contributed by atoms with E-state index in [9.17, 15) is 4.79 Å². The van der Waals surface area contributed by atoms with Crippen molar-refractivity contribution >= 4 is 11.9 Å².